The highest BCUT2D eigenvalue weighted by molar-refractivity contribution is 5.83. The number of aliphatic carboxylic acids is 11. The smallest absolute Gasteiger partial charge is 0.321 e. The number of hydrogen-bond donors (Lipinski definition) is 28. The van der Waals surface area contributed by atoms with Crippen LogP contribution in [-0.4, -0.2) is 381 Å². The number of nitrogens with zero attached hydrogens (tertiary/aromatic N) is 2. The van der Waals surface area contributed by atoms with E-state index in [1.807, 2.05) is 0 Å². The second-order valence-corrected chi connectivity index (χ2v) is 21.1. The quantitative estimate of drug-likeness (QED) is 0.0153. The molecular formula is C53H104N12O36. The molecule has 8 unspecified atom stereocenters. The minimum absolute atomic E-state index is 0.0178. The zero-order valence-electron chi connectivity index (χ0n) is 55.5. The van der Waals surface area contributed by atoms with Gasteiger partial charge >= 0.3 is 65.7 Å². The predicted molar refractivity (Wildman–Crippen MR) is 339 cm³/mol. The number of carboxylic acids is 11. The summed E-state index contributed by atoms with van der Waals surface area (Å²) in [4.78, 5) is 150. The van der Waals surface area contributed by atoms with Crippen molar-refractivity contribution in [1.29, 1.82) is 0 Å². The number of nitrogens with one attached hydrogen (secondary N) is 10. The van der Waals surface area contributed by atoms with Crippen molar-refractivity contribution >= 4 is 65.7 Å². The third kappa shape index (κ3) is 66.1. The summed E-state index contributed by atoms with van der Waals surface area (Å²) < 4.78 is 0. The van der Waals surface area contributed by atoms with E-state index in [0.717, 1.165) is 0 Å². The van der Waals surface area contributed by atoms with Crippen LogP contribution in [0.15, 0.2) is 0 Å². The Morgan fingerprint density at radius 1 is 0.287 bits per heavy atom. The van der Waals surface area contributed by atoms with E-state index in [1.54, 1.807) is 0 Å². The van der Waals surface area contributed by atoms with Gasteiger partial charge in [-0.25, -0.2) is 34.2 Å². The lowest BCUT2D eigenvalue weighted by Crippen LogP contribution is -2.50. The van der Waals surface area contributed by atoms with Gasteiger partial charge in [-0.2, -0.15) is 0 Å². The molecule has 28 N–H and O–H groups in total. The first-order valence-electron chi connectivity index (χ1n) is 31.0. The van der Waals surface area contributed by atoms with Crippen molar-refractivity contribution in [3.8, 4) is 0 Å². The van der Waals surface area contributed by atoms with Gasteiger partial charge in [-0.1, -0.05) is 0 Å². The number of rotatable bonds is 68. The lowest BCUT2D eigenvalue weighted by atomic mass is 10.1. The lowest BCUT2D eigenvalue weighted by molar-refractivity contribution is -0.257. The van der Waals surface area contributed by atoms with Crippen molar-refractivity contribution in [2.45, 2.75) is 106 Å². The Labute approximate surface area is 577 Å². The maximum atomic E-state index is 11.6. The highest BCUT2D eigenvalue weighted by Gasteiger charge is 2.30. The molecule has 0 saturated heterocycles. The van der Waals surface area contributed by atoms with Crippen molar-refractivity contribution in [3.05, 3.63) is 0 Å². The van der Waals surface area contributed by atoms with Crippen LogP contribution in [0, 0.1) is 0 Å². The molecule has 0 spiro atoms. The van der Waals surface area contributed by atoms with Crippen LogP contribution in [0.3, 0.4) is 0 Å². The molecule has 48 heteroatoms. The summed E-state index contributed by atoms with van der Waals surface area (Å²) in [5, 5.41) is 185. The molecule has 0 saturated carbocycles. The van der Waals surface area contributed by atoms with Crippen molar-refractivity contribution in [2.24, 2.45) is 0 Å². The molecule has 101 heavy (non-hydrogen) atoms. The minimum atomic E-state index is -1.42. The van der Waals surface area contributed by atoms with E-state index in [1.165, 1.54) is 9.80 Å². The molecule has 48 nitrogen and oxygen atoms in total. The van der Waals surface area contributed by atoms with Crippen LogP contribution in [0.2, 0.25) is 0 Å². The zero-order valence-corrected chi connectivity index (χ0v) is 55.5. The SMILES string of the molecule is O=C(O)CC(NCCN(CCNC(CCOO)COO)C(CC(=O)O)C(=O)O)C(=O)O.O=C(O)CC(NCCN(CCNC(CCOO)COO)CC(=O)O)C(=O)O.O=C(O)CC(NCCNCCCOO)C(=O)O.O=C(O)CC(NCCNCCNCCNC(CCOO)COO)C(=O)O. The van der Waals surface area contributed by atoms with Crippen molar-refractivity contribution in [3.63, 3.8) is 0 Å². The summed E-state index contributed by atoms with van der Waals surface area (Å²) >= 11 is 0. The van der Waals surface area contributed by atoms with Crippen LogP contribution in [-0.2, 0) is 87.0 Å². The fourth-order valence-electron chi connectivity index (χ4n) is 8.16. The first-order chi connectivity index (χ1) is 48.0. The van der Waals surface area contributed by atoms with E-state index in [-0.39, 0.29) is 117 Å². The van der Waals surface area contributed by atoms with E-state index in [4.69, 9.17) is 87.9 Å². The molecule has 592 valence electrons. The molecule has 0 amide bonds. The summed E-state index contributed by atoms with van der Waals surface area (Å²) in [5.74, 6) is -13.8. The molecule has 0 heterocycles. The molecule has 0 aliphatic rings. The molecule has 0 aliphatic carbocycles. The summed E-state index contributed by atoms with van der Waals surface area (Å²) in [6.07, 6.45) is -1.20. The Morgan fingerprint density at radius 3 is 0.861 bits per heavy atom. The van der Waals surface area contributed by atoms with Crippen LogP contribution in [0.4, 0.5) is 0 Å². The average Bonchev–Trinajstić information content (AvgIpc) is 0.932. The maximum Gasteiger partial charge on any atom is 0.321 e. The van der Waals surface area contributed by atoms with Gasteiger partial charge in [-0.05, 0) is 32.2 Å². The first-order valence-corrected chi connectivity index (χ1v) is 31.0. The monoisotopic (exact) mass is 1480 g/mol. The molecule has 0 aromatic heterocycles. The van der Waals surface area contributed by atoms with E-state index in [0.29, 0.717) is 84.7 Å². The summed E-state index contributed by atoms with van der Waals surface area (Å²) in [6.45, 7) is 5.76. The van der Waals surface area contributed by atoms with Gasteiger partial charge in [0.05, 0.1) is 84.9 Å². The molecule has 0 radical (unpaired) electrons. The van der Waals surface area contributed by atoms with Gasteiger partial charge in [-0.3, -0.25) is 99.3 Å². The molecule has 0 aromatic carbocycles. The van der Waals surface area contributed by atoms with Crippen LogP contribution >= 0.6 is 0 Å². The third-order valence-corrected chi connectivity index (χ3v) is 13.1. The van der Waals surface area contributed by atoms with Crippen LogP contribution in [0.25, 0.3) is 0 Å². The van der Waals surface area contributed by atoms with Crippen LogP contribution in [0.5, 0.6) is 0 Å². The van der Waals surface area contributed by atoms with Gasteiger partial charge < -0.3 is 109 Å². The van der Waals surface area contributed by atoms with E-state index in [2.05, 4.69) is 87.4 Å². The minimum Gasteiger partial charge on any atom is -0.481 e. The van der Waals surface area contributed by atoms with E-state index < -0.39 is 134 Å². The second-order valence-electron chi connectivity index (χ2n) is 21.1. The normalized spacial score (nSPS) is 13.5. The molecule has 0 rings (SSSR count). The Hall–Kier alpha value is -6.87. The molecule has 0 bridgehead atoms. The standard InChI is InChI=1S/C16H29N3O12.C14H30N4O8.C14H27N3O10.C9H18N2O6/c20-13(21)7-11(15(24)25)18-3-5-19(12(16(26)27)8-14(22)23)4-2-17-10(9-31-29)1-6-30-28;19-13(20)9-12(14(21)22)18-7-5-16-3-2-15-4-6-17-11(10-26-24)1-8-25-23;18-12(19)7-11(14(22)23)16-3-5-17(8-13(20)21)4-2-15-10(9-27-25)1-6-26-24;12-8(13)6-7(9(14)15)11-4-3-10-2-1-5-17-16/h10-12,17-18,28-29H,1-9H2,(H,20,21)(H,22,23)(H,24,25)(H,26,27);11-12,15-18,23-24H,1-10H2,(H,19,20)(H,21,22);10-11,15-16,24-25H,1-9H2,(H,18,19)(H,20,21)(H,22,23);7,10-11,16H,1-6H2,(H,12,13)(H,14,15). The number of carboxylic acid groups (broad SMARTS) is 11. The summed E-state index contributed by atoms with van der Waals surface area (Å²) in [6, 6.07) is -7.18. The topological polar surface area (TPSA) is 743 Å². The maximum absolute atomic E-state index is 11.6. The Morgan fingerprint density at radius 2 is 0.564 bits per heavy atom. The van der Waals surface area contributed by atoms with Crippen molar-refractivity contribution in [2.75, 3.05) is 164 Å². The zero-order chi connectivity index (χ0) is 77.2. The second kappa shape index (κ2) is 68.9. The van der Waals surface area contributed by atoms with Gasteiger partial charge in [0.25, 0.3) is 0 Å². The Kier molecular flexibility index (Phi) is 68.5. The van der Waals surface area contributed by atoms with Gasteiger partial charge in [-0.15, -0.1) is 0 Å². The highest BCUT2D eigenvalue weighted by atomic mass is 17.1. The molecule has 0 aliphatic heterocycles. The van der Waals surface area contributed by atoms with Crippen molar-refractivity contribution in [1.82, 2.24) is 63.0 Å². The molecule has 0 aromatic rings. The first kappa shape index (κ1) is 101. The van der Waals surface area contributed by atoms with Crippen LogP contribution in [0.1, 0.15) is 57.8 Å². The lowest BCUT2D eigenvalue weighted by Gasteiger charge is -2.29. The van der Waals surface area contributed by atoms with Gasteiger partial charge in [0, 0.05) is 123 Å². The number of carbonyl (C=O) groups is 11. The fraction of sp³-hybridized carbons (Fsp3) is 0.792. The van der Waals surface area contributed by atoms with E-state index in [9.17, 15) is 57.8 Å². The summed E-state index contributed by atoms with van der Waals surface area (Å²) in [7, 11) is 0. The van der Waals surface area contributed by atoms with Gasteiger partial charge in [0.2, 0.25) is 0 Å². The van der Waals surface area contributed by atoms with Gasteiger partial charge in [0.1, 0.15) is 30.2 Å². The van der Waals surface area contributed by atoms with Gasteiger partial charge in [0.15, 0.2) is 0 Å². The Bertz CT molecular complexity index is 2210. The Balaban J connectivity index is -0.000000632. The predicted octanol–water partition coefficient (Wildman–Crippen LogP) is -6.74. The molecule has 0 fully saturated rings. The highest BCUT2D eigenvalue weighted by Crippen LogP contribution is 2.07. The van der Waals surface area contributed by atoms with E-state index >= 15 is 0 Å². The average molecular weight is 1490 g/mol. The molecule has 8 atom stereocenters. The fourth-order valence-corrected chi connectivity index (χ4v) is 8.16. The molecular weight excluding hydrogens is 1380 g/mol. The summed E-state index contributed by atoms with van der Waals surface area (Å²) in [5.41, 5.74) is 0. The van der Waals surface area contributed by atoms with Crippen LogP contribution < -0.4 is 53.2 Å². The largest absolute Gasteiger partial charge is 0.481 e. The van der Waals surface area contributed by atoms with Crippen molar-refractivity contribution < 1.29 is 180 Å². The number of hydrogen-bond acceptors (Lipinski definition) is 37. The third-order valence-electron chi connectivity index (χ3n) is 13.1.